The van der Waals surface area contributed by atoms with E-state index in [4.69, 9.17) is 0 Å². The number of fused-ring (bicyclic) bond motifs is 3. The molecule has 2 heteroatoms. The van der Waals surface area contributed by atoms with Gasteiger partial charge in [-0.25, -0.2) is 0 Å². The summed E-state index contributed by atoms with van der Waals surface area (Å²) in [4.78, 5) is 11.1. The molecule has 2 aliphatic rings. The van der Waals surface area contributed by atoms with Gasteiger partial charge >= 0.3 is 0 Å². The smallest absolute Gasteiger partial charge is 0.137 e. The first-order valence-corrected chi connectivity index (χ1v) is 6.45. The first kappa shape index (κ1) is 10.3. The van der Waals surface area contributed by atoms with E-state index >= 15 is 0 Å². The SMILES string of the molecule is O=C[C@]1(Br)CC=C2c3ccccc3CC2C1. The van der Waals surface area contributed by atoms with Gasteiger partial charge in [-0.3, -0.25) is 0 Å². The number of carbonyl (C=O) groups is 1. The summed E-state index contributed by atoms with van der Waals surface area (Å²) in [6, 6.07) is 8.59. The van der Waals surface area contributed by atoms with Gasteiger partial charge in [0.15, 0.2) is 0 Å². The van der Waals surface area contributed by atoms with Gasteiger partial charge in [0, 0.05) is 0 Å². The van der Waals surface area contributed by atoms with Gasteiger partial charge < -0.3 is 4.79 Å². The molecular weight excluding hydrogens is 264 g/mol. The molecule has 3 rings (SSSR count). The van der Waals surface area contributed by atoms with Gasteiger partial charge in [0.05, 0.1) is 4.32 Å². The summed E-state index contributed by atoms with van der Waals surface area (Å²) in [6.45, 7) is 0. The first-order valence-electron chi connectivity index (χ1n) is 5.65. The van der Waals surface area contributed by atoms with Crippen LogP contribution in [0.2, 0.25) is 0 Å². The van der Waals surface area contributed by atoms with Crippen LogP contribution in [0.4, 0.5) is 0 Å². The zero-order valence-electron chi connectivity index (χ0n) is 8.95. The Morgan fingerprint density at radius 2 is 2.19 bits per heavy atom. The van der Waals surface area contributed by atoms with E-state index in [1.807, 2.05) is 0 Å². The highest BCUT2D eigenvalue weighted by Gasteiger charge is 2.38. The van der Waals surface area contributed by atoms with Crippen molar-refractivity contribution in [3.8, 4) is 0 Å². The van der Waals surface area contributed by atoms with Gasteiger partial charge in [-0.15, -0.1) is 0 Å². The highest BCUT2D eigenvalue weighted by atomic mass is 79.9. The first-order chi connectivity index (χ1) is 7.72. The lowest BCUT2D eigenvalue weighted by Gasteiger charge is -2.29. The molecule has 0 N–H and O–H groups in total. The Hall–Kier alpha value is -0.890. The topological polar surface area (TPSA) is 17.1 Å². The van der Waals surface area contributed by atoms with Gasteiger partial charge in [0.1, 0.15) is 6.29 Å². The van der Waals surface area contributed by atoms with Crippen LogP contribution in [-0.4, -0.2) is 10.6 Å². The monoisotopic (exact) mass is 276 g/mol. The van der Waals surface area contributed by atoms with E-state index < -0.39 is 0 Å². The van der Waals surface area contributed by atoms with Crippen LogP contribution in [0.25, 0.3) is 5.57 Å². The highest BCUT2D eigenvalue weighted by molar-refractivity contribution is 9.10. The molecule has 16 heavy (non-hydrogen) atoms. The summed E-state index contributed by atoms with van der Waals surface area (Å²) in [6.07, 6.45) is 6.13. The predicted molar refractivity (Wildman–Crippen MR) is 68.6 cm³/mol. The minimum atomic E-state index is -0.316. The van der Waals surface area contributed by atoms with Gasteiger partial charge in [-0.2, -0.15) is 0 Å². The summed E-state index contributed by atoms with van der Waals surface area (Å²) < 4.78 is -0.316. The molecule has 0 heterocycles. The average molecular weight is 277 g/mol. The molecule has 0 aliphatic heterocycles. The number of allylic oxidation sites excluding steroid dienone is 2. The minimum Gasteiger partial charge on any atom is -0.302 e. The Morgan fingerprint density at radius 1 is 1.38 bits per heavy atom. The molecule has 0 radical (unpaired) electrons. The highest BCUT2D eigenvalue weighted by Crippen LogP contribution is 2.47. The molecule has 0 spiro atoms. The molecular formula is C14H13BrO. The fourth-order valence-corrected chi connectivity index (χ4v) is 3.46. The number of hydrogen-bond acceptors (Lipinski definition) is 1. The van der Waals surface area contributed by atoms with Crippen molar-refractivity contribution >= 4 is 27.8 Å². The normalized spacial score (nSPS) is 31.6. The number of hydrogen-bond donors (Lipinski definition) is 0. The van der Waals surface area contributed by atoms with E-state index in [1.165, 1.54) is 16.7 Å². The number of rotatable bonds is 1. The third-order valence-electron chi connectivity index (χ3n) is 3.69. The minimum absolute atomic E-state index is 0.316. The van der Waals surface area contributed by atoms with Gasteiger partial charge in [0.25, 0.3) is 0 Å². The second-order valence-corrected chi connectivity index (χ2v) is 6.36. The van der Waals surface area contributed by atoms with E-state index in [0.29, 0.717) is 5.92 Å². The standard InChI is InChI=1S/C14H13BrO/c15-14(9-16)6-5-13-11(8-14)7-10-3-1-2-4-12(10)13/h1-5,9,11H,6-8H2/t11?,14-/m0/s1. The Kier molecular flexibility index (Phi) is 2.28. The zero-order valence-corrected chi connectivity index (χ0v) is 10.5. The Bertz CT molecular complexity index is 477. The van der Waals surface area contributed by atoms with Gasteiger partial charge in [-0.05, 0) is 41.9 Å². The predicted octanol–water partition coefficient (Wildman–Crippen LogP) is 3.37. The maximum Gasteiger partial charge on any atom is 0.137 e. The van der Waals surface area contributed by atoms with Crippen LogP contribution in [0.5, 0.6) is 0 Å². The Balaban J connectivity index is 2.01. The van der Waals surface area contributed by atoms with Crippen LogP contribution in [-0.2, 0) is 11.2 Å². The van der Waals surface area contributed by atoms with Crippen LogP contribution >= 0.6 is 15.9 Å². The summed E-state index contributed by atoms with van der Waals surface area (Å²) >= 11 is 3.56. The molecule has 2 atom stereocenters. The van der Waals surface area contributed by atoms with Crippen molar-refractivity contribution in [2.45, 2.75) is 23.6 Å². The summed E-state index contributed by atoms with van der Waals surface area (Å²) in [5, 5.41) is 0. The molecule has 0 amide bonds. The van der Waals surface area contributed by atoms with Crippen molar-refractivity contribution < 1.29 is 4.79 Å². The fraction of sp³-hybridized carbons (Fsp3) is 0.357. The third kappa shape index (κ3) is 1.47. The second kappa shape index (κ2) is 3.56. The van der Waals surface area contributed by atoms with Gasteiger partial charge in [-0.1, -0.05) is 46.3 Å². The Morgan fingerprint density at radius 3 is 3.00 bits per heavy atom. The summed E-state index contributed by atoms with van der Waals surface area (Å²) in [7, 11) is 0. The molecule has 0 aromatic heterocycles. The molecule has 1 nitrogen and oxygen atoms in total. The van der Waals surface area contributed by atoms with E-state index in [-0.39, 0.29) is 4.32 Å². The van der Waals surface area contributed by atoms with Crippen molar-refractivity contribution in [3.05, 3.63) is 41.5 Å². The summed E-state index contributed by atoms with van der Waals surface area (Å²) in [5.74, 6) is 0.524. The lowest BCUT2D eigenvalue weighted by atomic mass is 9.82. The molecule has 1 aromatic rings. The molecule has 2 aliphatic carbocycles. The maximum atomic E-state index is 11.1. The number of halogens is 1. The van der Waals surface area contributed by atoms with E-state index in [0.717, 1.165) is 25.5 Å². The number of aldehydes is 1. The van der Waals surface area contributed by atoms with Crippen molar-refractivity contribution in [2.75, 3.05) is 0 Å². The van der Waals surface area contributed by atoms with Crippen molar-refractivity contribution in [1.29, 1.82) is 0 Å². The number of benzene rings is 1. The van der Waals surface area contributed by atoms with Crippen LogP contribution in [0.1, 0.15) is 24.0 Å². The van der Waals surface area contributed by atoms with Crippen LogP contribution in [0.15, 0.2) is 30.3 Å². The average Bonchev–Trinajstić information content (AvgIpc) is 2.66. The van der Waals surface area contributed by atoms with E-state index in [2.05, 4.69) is 46.3 Å². The fourth-order valence-electron chi connectivity index (χ4n) is 2.90. The van der Waals surface area contributed by atoms with Crippen LogP contribution < -0.4 is 0 Å². The molecule has 0 fully saturated rings. The molecule has 82 valence electrons. The lowest BCUT2D eigenvalue weighted by Crippen LogP contribution is -2.28. The van der Waals surface area contributed by atoms with Crippen molar-refractivity contribution in [1.82, 2.24) is 0 Å². The third-order valence-corrected chi connectivity index (χ3v) is 4.53. The molecule has 1 aromatic carbocycles. The lowest BCUT2D eigenvalue weighted by molar-refractivity contribution is -0.110. The quantitative estimate of drug-likeness (QED) is 0.568. The molecule has 0 saturated heterocycles. The molecule has 0 bridgehead atoms. The Labute approximate surface area is 104 Å². The van der Waals surface area contributed by atoms with Crippen LogP contribution in [0, 0.1) is 5.92 Å². The van der Waals surface area contributed by atoms with Gasteiger partial charge in [0.2, 0.25) is 0 Å². The number of alkyl halides is 1. The second-order valence-electron chi connectivity index (χ2n) is 4.78. The van der Waals surface area contributed by atoms with Crippen molar-refractivity contribution in [2.24, 2.45) is 5.92 Å². The van der Waals surface area contributed by atoms with Crippen LogP contribution in [0.3, 0.4) is 0 Å². The number of carbonyl (C=O) groups excluding carboxylic acids is 1. The van der Waals surface area contributed by atoms with E-state index in [1.54, 1.807) is 0 Å². The molecule has 1 unspecified atom stereocenters. The summed E-state index contributed by atoms with van der Waals surface area (Å²) in [5.41, 5.74) is 4.28. The molecule has 0 saturated carbocycles. The van der Waals surface area contributed by atoms with E-state index in [9.17, 15) is 4.79 Å². The zero-order chi connectivity index (χ0) is 11.2. The maximum absolute atomic E-state index is 11.1. The largest absolute Gasteiger partial charge is 0.302 e. The van der Waals surface area contributed by atoms with Crippen molar-refractivity contribution in [3.63, 3.8) is 0 Å².